The normalized spacial score (nSPS) is 17.2. The fraction of sp³-hybridized carbons (Fsp3) is 0.591. The lowest BCUT2D eigenvalue weighted by Gasteiger charge is -2.29. The predicted octanol–water partition coefficient (Wildman–Crippen LogP) is 3.44. The first-order chi connectivity index (χ1) is 16.7. The van der Waals surface area contributed by atoms with Crippen LogP contribution in [0.25, 0.3) is 5.57 Å². The minimum Gasteiger partial charge on any atom is -0.378 e. The molecule has 2 fully saturated rings. The largest absolute Gasteiger partial charge is 0.434 e. The van der Waals surface area contributed by atoms with Crippen molar-refractivity contribution in [2.24, 2.45) is 26.6 Å². The van der Waals surface area contributed by atoms with Crippen LogP contribution in [0, 0.1) is 12.8 Å². The van der Waals surface area contributed by atoms with Gasteiger partial charge in [-0.15, -0.1) is 11.6 Å². The molecule has 0 aromatic carbocycles. The van der Waals surface area contributed by atoms with E-state index in [0.29, 0.717) is 49.5 Å². The van der Waals surface area contributed by atoms with Crippen molar-refractivity contribution in [3.8, 4) is 0 Å². The van der Waals surface area contributed by atoms with Crippen LogP contribution in [0.15, 0.2) is 20.7 Å². The van der Waals surface area contributed by atoms with Crippen molar-refractivity contribution in [1.82, 2.24) is 14.9 Å². The molecule has 9 nitrogen and oxygen atoms in total. The zero-order valence-corrected chi connectivity index (χ0v) is 20.8. The summed E-state index contributed by atoms with van der Waals surface area (Å²) in [5, 5.41) is 0. The van der Waals surface area contributed by atoms with Gasteiger partial charge in [-0.2, -0.15) is 13.2 Å². The lowest BCUT2D eigenvalue weighted by atomic mass is 10.1. The summed E-state index contributed by atoms with van der Waals surface area (Å²) in [5.74, 6) is 1.15. The predicted molar refractivity (Wildman–Crippen MR) is 135 cm³/mol. The molecule has 0 radical (unpaired) electrons. The maximum Gasteiger partial charge on any atom is 0.434 e. The molecule has 0 atom stereocenters. The summed E-state index contributed by atoms with van der Waals surface area (Å²) in [7, 11) is 2.06. The summed E-state index contributed by atoms with van der Waals surface area (Å²) >= 11 is 5.55. The van der Waals surface area contributed by atoms with Gasteiger partial charge in [-0.25, -0.2) is 9.97 Å². The molecular formula is C22H32ClF3N8O. The third-order valence-electron chi connectivity index (χ3n) is 5.23. The number of aliphatic imine (C=N–C) groups is 3. The molecule has 2 heterocycles. The number of morpholine rings is 1. The Morgan fingerprint density at radius 2 is 1.94 bits per heavy atom. The fourth-order valence-corrected chi connectivity index (χ4v) is 3.44. The van der Waals surface area contributed by atoms with Gasteiger partial charge in [-0.1, -0.05) is 0 Å². The van der Waals surface area contributed by atoms with E-state index in [1.807, 2.05) is 4.90 Å². The van der Waals surface area contributed by atoms with Gasteiger partial charge < -0.3 is 15.4 Å². The monoisotopic (exact) mass is 516 g/mol. The van der Waals surface area contributed by atoms with Crippen LogP contribution in [0.2, 0.25) is 0 Å². The molecule has 1 aromatic rings. The summed E-state index contributed by atoms with van der Waals surface area (Å²) < 4.78 is 45.5. The number of halogens is 4. The Hall–Kier alpha value is -2.41. The third kappa shape index (κ3) is 8.64. The molecule has 1 aliphatic heterocycles. The number of ether oxygens (including phenoxy) is 1. The first-order valence-corrected chi connectivity index (χ1v) is 11.6. The Morgan fingerprint density at radius 3 is 2.43 bits per heavy atom. The van der Waals surface area contributed by atoms with Gasteiger partial charge in [0.1, 0.15) is 5.69 Å². The van der Waals surface area contributed by atoms with Gasteiger partial charge in [0, 0.05) is 25.8 Å². The molecule has 13 heteroatoms. The number of aromatic nitrogens is 2. The average Bonchev–Trinajstić information content (AvgIpc) is 3.65. The quantitative estimate of drug-likeness (QED) is 0.306. The van der Waals surface area contributed by atoms with Crippen LogP contribution in [-0.4, -0.2) is 93.3 Å². The summed E-state index contributed by atoms with van der Waals surface area (Å²) in [6.45, 7) is 11.1. The van der Waals surface area contributed by atoms with Crippen molar-refractivity contribution in [2.45, 2.75) is 25.9 Å². The van der Waals surface area contributed by atoms with E-state index in [4.69, 9.17) is 22.1 Å². The van der Waals surface area contributed by atoms with Crippen molar-refractivity contribution in [2.75, 3.05) is 57.5 Å². The number of hydrogen-bond acceptors (Lipinski definition) is 9. The van der Waals surface area contributed by atoms with Gasteiger partial charge in [0.15, 0.2) is 17.3 Å². The number of alkyl halides is 4. The molecule has 0 bridgehead atoms. The van der Waals surface area contributed by atoms with E-state index in [-0.39, 0.29) is 12.5 Å². The van der Waals surface area contributed by atoms with Crippen LogP contribution in [0.3, 0.4) is 0 Å². The summed E-state index contributed by atoms with van der Waals surface area (Å²) in [5.41, 5.74) is 4.40. The number of aryl methyl sites for hydroxylation is 1. The van der Waals surface area contributed by atoms with Crippen molar-refractivity contribution in [3.05, 3.63) is 17.2 Å². The standard InChI is InChI=1S/C16H20F3N7O.C6H12ClN/c1-10-12(21-2)15(26-4-6-27-7-5-26)25-14(24-10)11(8-23-9-20)13(22-3)16(17,18)19;1-8(5-7)4-6-2-3-6/h8H,2-7,9,20H2,1H3;6H,2-5H2,1H3/b13-11+,23-8-;. The minimum absolute atomic E-state index is 0.196. The van der Waals surface area contributed by atoms with Crippen LogP contribution in [0.1, 0.15) is 24.4 Å². The molecule has 0 amide bonds. The van der Waals surface area contributed by atoms with Crippen LogP contribution in [0.4, 0.5) is 24.7 Å². The van der Waals surface area contributed by atoms with E-state index in [1.54, 1.807) is 6.92 Å². The Balaban J connectivity index is 0.000000456. The van der Waals surface area contributed by atoms with Crippen molar-refractivity contribution in [3.63, 3.8) is 0 Å². The second-order valence-electron chi connectivity index (χ2n) is 8.08. The van der Waals surface area contributed by atoms with E-state index >= 15 is 0 Å². The molecule has 2 N–H and O–H groups in total. The number of hydrogen-bond donors (Lipinski definition) is 1. The molecular weight excluding hydrogens is 485 g/mol. The Kier molecular flexibility index (Phi) is 11.2. The molecule has 3 rings (SSSR count). The second-order valence-corrected chi connectivity index (χ2v) is 8.32. The summed E-state index contributed by atoms with van der Waals surface area (Å²) in [6, 6.07) is 0.677. The molecule has 1 saturated heterocycles. The smallest absolute Gasteiger partial charge is 0.378 e. The zero-order valence-electron chi connectivity index (χ0n) is 20.1. The molecule has 1 saturated carbocycles. The van der Waals surface area contributed by atoms with Gasteiger partial charge in [-0.05, 0) is 46.2 Å². The lowest BCUT2D eigenvalue weighted by Crippen LogP contribution is -2.37. The van der Waals surface area contributed by atoms with Crippen molar-refractivity contribution < 1.29 is 17.9 Å². The minimum atomic E-state index is -4.76. The molecule has 0 spiro atoms. The maximum absolute atomic E-state index is 13.4. The third-order valence-corrected chi connectivity index (χ3v) is 5.64. The van der Waals surface area contributed by atoms with E-state index in [1.165, 1.54) is 19.4 Å². The number of allylic oxidation sites excluding steroid dienone is 2. The van der Waals surface area contributed by atoms with E-state index in [0.717, 1.165) is 12.1 Å². The van der Waals surface area contributed by atoms with Crippen molar-refractivity contribution in [1.29, 1.82) is 0 Å². The lowest BCUT2D eigenvalue weighted by molar-refractivity contribution is -0.0914. The first-order valence-electron chi connectivity index (χ1n) is 11.1. The Morgan fingerprint density at radius 1 is 1.29 bits per heavy atom. The molecule has 2 aliphatic rings. The van der Waals surface area contributed by atoms with Crippen LogP contribution in [-0.2, 0) is 4.74 Å². The Bertz CT molecular complexity index is 928. The fourth-order valence-electron chi connectivity index (χ4n) is 3.34. The van der Waals surface area contributed by atoms with E-state index < -0.39 is 17.4 Å². The SMILES string of the molecule is C=N/C(=C(\C=N/CN)c1nc(C)c(N=C)c(N2CCOCC2)n1)C(F)(F)F.CN(CCl)CC1CC1. The number of nitrogens with two attached hydrogens (primary N) is 1. The molecule has 1 aromatic heterocycles. The highest BCUT2D eigenvalue weighted by atomic mass is 35.5. The van der Waals surface area contributed by atoms with E-state index in [9.17, 15) is 13.2 Å². The van der Waals surface area contributed by atoms with Gasteiger partial charge in [0.2, 0.25) is 0 Å². The second kappa shape index (κ2) is 13.6. The molecule has 0 unspecified atom stereocenters. The van der Waals surface area contributed by atoms with E-state index in [2.05, 4.69) is 50.3 Å². The van der Waals surface area contributed by atoms with Crippen LogP contribution in [0.5, 0.6) is 0 Å². The number of nitrogens with zero attached hydrogens (tertiary/aromatic N) is 7. The van der Waals surface area contributed by atoms with Crippen LogP contribution < -0.4 is 10.6 Å². The molecule has 35 heavy (non-hydrogen) atoms. The first kappa shape index (κ1) is 28.8. The van der Waals surface area contributed by atoms with Gasteiger partial charge in [-0.3, -0.25) is 19.9 Å². The summed E-state index contributed by atoms with van der Waals surface area (Å²) in [6.07, 6.45) is -0.970. The maximum atomic E-state index is 13.4. The molecule has 1 aliphatic carbocycles. The highest BCUT2D eigenvalue weighted by molar-refractivity contribution is 6.17. The van der Waals surface area contributed by atoms with Gasteiger partial charge in [0.05, 0.1) is 37.2 Å². The van der Waals surface area contributed by atoms with Crippen molar-refractivity contribution >= 4 is 48.3 Å². The zero-order chi connectivity index (χ0) is 26.0. The van der Waals surface area contributed by atoms with Crippen LogP contribution >= 0.6 is 11.6 Å². The topological polar surface area (TPSA) is 105 Å². The summed E-state index contributed by atoms with van der Waals surface area (Å²) in [4.78, 5) is 23.2. The average molecular weight is 517 g/mol. The number of anilines is 1. The highest BCUT2D eigenvalue weighted by Gasteiger charge is 2.37. The van der Waals surface area contributed by atoms with Gasteiger partial charge in [0.25, 0.3) is 0 Å². The highest BCUT2D eigenvalue weighted by Crippen LogP contribution is 2.35. The number of rotatable bonds is 9. The molecule has 194 valence electrons. The van der Waals surface area contributed by atoms with Gasteiger partial charge >= 0.3 is 6.18 Å². The Labute approximate surface area is 208 Å².